The van der Waals surface area contributed by atoms with E-state index >= 15 is 0 Å². The van der Waals surface area contributed by atoms with E-state index in [1.54, 1.807) is 18.2 Å². The molecule has 0 aliphatic rings. The van der Waals surface area contributed by atoms with Gasteiger partial charge in [-0.15, -0.1) is 0 Å². The van der Waals surface area contributed by atoms with Crippen LogP contribution in [-0.2, 0) is 4.74 Å². The van der Waals surface area contributed by atoms with Crippen molar-refractivity contribution in [3.05, 3.63) is 35.6 Å². The summed E-state index contributed by atoms with van der Waals surface area (Å²) in [4.78, 5) is 0. The lowest BCUT2D eigenvalue weighted by molar-refractivity contribution is 0.113. The molecule has 2 nitrogen and oxygen atoms in total. The second-order valence-electron chi connectivity index (χ2n) is 3.38. The molecule has 0 fully saturated rings. The molecule has 0 radical (unpaired) electrons. The summed E-state index contributed by atoms with van der Waals surface area (Å²) in [6.45, 7) is 3.21. The number of halogens is 1. The molecule has 0 heterocycles. The highest BCUT2D eigenvalue weighted by Gasteiger charge is 2.11. The molecule has 1 unspecified atom stereocenters. The first-order valence-corrected chi connectivity index (χ1v) is 5.26. The van der Waals surface area contributed by atoms with E-state index in [1.165, 1.54) is 6.07 Å². The highest BCUT2D eigenvalue weighted by molar-refractivity contribution is 5.19. The quantitative estimate of drug-likeness (QED) is 0.734. The Kier molecular flexibility index (Phi) is 5.29. The van der Waals surface area contributed by atoms with Gasteiger partial charge < -0.3 is 9.84 Å². The number of ether oxygens (including phenoxy) is 1. The molecule has 0 saturated heterocycles. The Balaban J connectivity index is 2.40. The topological polar surface area (TPSA) is 29.5 Å². The molecule has 0 amide bonds. The van der Waals surface area contributed by atoms with Crippen LogP contribution in [0, 0.1) is 5.82 Å². The fraction of sp³-hybridized carbons (Fsp3) is 0.500. The second-order valence-corrected chi connectivity index (χ2v) is 3.38. The van der Waals surface area contributed by atoms with Crippen molar-refractivity contribution in [3.8, 4) is 0 Å². The van der Waals surface area contributed by atoms with Gasteiger partial charge in [-0.05, 0) is 25.8 Å². The summed E-state index contributed by atoms with van der Waals surface area (Å²) in [6, 6.07) is 6.32. The highest BCUT2D eigenvalue weighted by Crippen LogP contribution is 2.20. The third kappa shape index (κ3) is 3.98. The third-order valence-electron chi connectivity index (χ3n) is 2.23. The molecule has 1 rings (SSSR count). The van der Waals surface area contributed by atoms with Crippen molar-refractivity contribution >= 4 is 0 Å². The van der Waals surface area contributed by atoms with Gasteiger partial charge in [-0.3, -0.25) is 0 Å². The Bertz CT molecular complexity index is 289. The molecule has 84 valence electrons. The number of aliphatic hydroxyl groups is 1. The van der Waals surface area contributed by atoms with Crippen LogP contribution in [0.2, 0.25) is 0 Å². The molecule has 1 atom stereocenters. The van der Waals surface area contributed by atoms with Gasteiger partial charge in [0, 0.05) is 18.8 Å². The van der Waals surface area contributed by atoms with Gasteiger partial charge in [-0.1, -0.05) is 18.2 Å². The standard InChI is InChI=1S/C12H17FO2/c1-2-15-9-5-8-12(14)10-6-3-4-7-11(10)13/h3-4,6-7,12,14H,2,5,8-9H2,1H3. The number of hydrogen-bond acceptors (Lipinski definition) is 2. The summed E-state index contributed by atoms with van der Waals surface area (Å²) < 4.78 is 18.4. The number of rotatable bonds is 6. The number of benzene rings is 1. The molecule has 0 aromatic heterocycles. The van der Waals surface area contributed by atoms with Gasteiger partial charge in [0.2, 0.25) is 0 Å². The molecule has 3 heteroatoms. The van der Waals surface area contributed by atoms with Gasteiger partial charge in [0.15, 0.2) is 0 Å². The van der Waals surface area contributed by atoms with Crippen molar-refractivity contribution in [2.45, 2.75) is 25.9 Å². The normalized spacial score (nSPS) is 12.7. The van der Waals surface area contributed by atoms with Crippen molar-refractivity contribution < 1.29 is 14.2 Å². The van der Waals surface area contributed by atoms with Crippen molar-refractivity contribution in [3.63, 3.8) is 0 Å². The van der Waals surface area contributed by atoms with Gasteiger partial charge in [-0.2, -0.15) is 0 Å². The maximum Gasteiger partial charge on any atom is 0.128 e. The minimum absolute atomic E-state index is 0.346. The Labute approximate surface area is 89.7 Å². The lowest BCUT2D eigenvalue weighted by Crippen LogP contribution is -2.03. The predicted octanol–water partition coefficient (Wildman–Crippen LogP) is 2.68. The average molecular weight is 212 g/mol. The summed E-state index contributed by atoms with van der Waals surface area (Å²) in [5, 5.41) is 9.71. The zero-order chi connectivity index (χ0) is 11.1. The zero-order valence-electron chi connectivity index (χ0n) is 8.95. The first kappa shape index (κ1) is 12.1. The van der Waals surface area contributed by atoms with E-state index in [9.17, 15) is 9.50 Å². The van der Waals surface area contributed by atoms with Gasteiger partial charge in [-0.25, -0.2) is 4.39 Å². The van der Waals surface area contributed by atoms with Gasteiger partial charge in [0.25, 0.3) is 0 Å². The van der Waals surface area contributed by atoms with Crippen LogP contribution in [0.1, 0.15) is 31.4 Å². The van der Waals surface area contributed by atoms with Crippen LogP contribution in [0.15, 0.2) is 24.3 Å². The number of hydrogen-bond donors (Lipinski definition) is 1. The van der Waals surface area contributed by atoms with Crippen LogP contribution < -0.4 is 0 Å². The fourth-order valence-corrected chi connectivity index (χ4v) is 1.42. The third-order valence-corrected chi connectivity index (χ3v) is 2.23. The van der Waals surface area contributed by atoms with Crippen LogP contribution in [0.5, 0.6) is 0 Å². The zero-order valence-corrected chi connectivity index (χ0v) is 8.95. The van der Waals surface area contributed by atoms with Gasteiger partial charge in [0.05, 0.1) is 6.10 Å². The van der Waals surface area contributed by atoms with Crippen LogP contribution in [0.4, 0.5) is 4.39 Å². The van der Waals surface area contributed by atoms with Crippen molar-refractivity contribution in [2.75, 3.05) is 13.2 Å². The molecule has 0 aliphatic carbocycles. The highest BCUT2D eigenvalue weighted by atomic mass is 19.1. The van der Waals surface area contributed by atoms with Gasteiger partial charge in [0.1, 0.15) is 5.82 Å². The van der Waals surface area contributed by atoms with Crippen molar-refractivity contribution in [2.24, 2.45) is 0 Å². The Morgan fingerprint density at radius 2 is 2.13 bits per heavy atom. The van der Waals surface area contributed by atoms with E-state index in [-0.39, 0.29) is 5.82 Å². The molecule has 0 aliphatic heterocycles. The molecular formula is C12H17FO2. The summed E-state index contributed by atoms with van der Waals surface area (Å²) in [5.41, 5.74) is 0.369. The minimum atomic E-state index is -0.730. The molecule has 15 heavy (non-hydrogen) atoms. The SMILES string of the molecule is CCOCCCC(O)c1ccccc1F. The average Bonchev–Trinajstić information content (AvgIpc) is 2.25. The van der Waals surface area contributed by atoms with E-state index < -0.39 is 6.10 Å². The van der Waals surface area contributed by atoms with Crippen LogP contribution >= 0.6 is 0 Å². The Morgan fingerprint density at radius 3 is 2.80 bits per heavy atom. The first-order valence-electron chi connectivity index (χ1n) is 5.26. The van der Waals surface area contributed by atoms with E-state index in [1.807, 2.05) is 6.92 Å². The molecule has 1 aromatic rings. The maximum atomic E-state index is 13.2. The number of aliphatic hydroxyl groups excluding tert-OH is 1. The van der Waals surface area contributed by atoms with Crippen molar-refractivity contribution in [1.29, 1.82) is 0 Å². The predicted molar refractivity (Wildman–Crippen MR) is 57.1 cm³/mol. The van der Waals surface area contributed by atoms with E-state index in [2.05, 4.69) is 0 Å². The second kappa shape index (κ2) is 6.53. The largest absolute Gasteiger partial charge is 0.388 e. The summed E-state index contributed by atoms with van der Waals surface area (Å²) in [6.07, 6.45) is 0.538. The molecule has 0 spiro atoms. The van der Waals surface area contributed by atoms with Crippen LogP contribution in [0.3, 0.4) is 0 Å². The summed E-state index contributed by atoms with van der Waals surface area (Å²) >= 11 is 0. The first-order chi connectivity index (χ1) is 7.25. The molecular weight excluding hydrogens is 195 g/mol. The molecule has 0 bridgehead atoms. The monoisotopic (exact) mass is 212 g/mol. The van der Waals surface area contributed by atoms with Gasteiger partial charge >= 0.3 is 0 Å². The molecule has 1 aromatic carbocycles. The maximum absolute atomic E-state index is 13.2. The van der Waals surface area contributed by atoms with Crippen LogP contribution in [-0.4, -0.2) is 18.3 Å². The van der Waals surface area contributed by atoms with E-state index in [0.29, 0.717) is 25.2 Å². The lowest BCUT2D eigenvalue weighted by Gasteiger charge is -2.11. The lowest BCUT2D eigenvalue weighted by atomic mass is 10.0. The Morgan fingerprint density at radius 1 is 1.40 bits per heavy atom. The summed E-state index contributed by atoms with van der Waals surface area (Å²) in [5.74, 6) is -0.346. The molecule has 1 N–H and O–H groups in total. The fourth-order valence-electron chi connectivity index (χ4n) is 1.42. The Hall–Kier alpha value is -0.930. The molecule has 0 saturated carbocycles. The van der Waals surface area contributed by atoms with E-state index in [0.717, 1.165) is 6.42 Å². The van der Waals surface area contributed by atoms with E-state index in [4.69, 9.17) is 4.74 Å². The van der Waals surface area contributed by atoms with Crippen LogP contribution in [0.25, 0.3) is 0 Å². The van der Waals surface area contributed by atoms with Crippen molar-refractivity contribution in [1.82, 2.24) is 0 Å². The summed E-state index contributed by atoms with van der Waals surface area (Å²) in [7, 11) is 0. The smallest absolute Gasteiger partial charge is 0.128 e. The minimum Gasteiger partial charge on any atom is -0.388 e.